The van der Waals surface area contributed by atoms with Gasteiger partial charge in [-0.1, -0.05) is 12.1 Å². The molecule has 144 valence electrons. The zero-order valence-corrected chi connectivity index (χ0v) is 16.0. The average Bonchev–Trinajstić information content (AvgIpc) is 2.75. The summed E-state index contributed by atoms with van der Waals surface area (Å²) in [6.07, 6.45) is 0. The van der Waals surface area contributed by atoms with Crippen LogP contribution >= 0.6 is 0 Å². The maximum Gasteiger partial charge on any atom is 0.265 e. The van der Waals surface area contributed by atoms with E-state index in [1.807, 2.05) is 18.2 Å². The minimum Gasteiger partial charge on any atom is -0.497 e. The van der Waals surface area contributed by atoms with Gasteiger partial charge in [0.05, 0.1) is 23.7 Å². The van der Waals surface area contributed by atoms with Crippen LogP contribution in [0.1, 0.15) is 16.2 Å². The van der Waals surface area contributed by atoms with Gasteiger partial charge in [-0.25, -0.2) is 4.98 Å². The van der Waals surface area contributed by atoms with Crippen LogP contribution in [0, 0.1) is 6.92 Å². The van der Waals surface area contributed by atoms with E-state index in [1.165, 1.54) is 0 Å². The van der Waals surface area contributed by atoms with Gasteiger partial charge in [0.2, 0.25) is 0 Å². The molecule has 0 radical (unpaired) electrons. The van der Waals surface area contributed by atoms with Crippen LogP contribution in [0.2, 0.25) is 0 Å². The number of hydrogen-bond acceptors (Lipinski definition) is 4. The van der Waals surface area contributed by atoms with Crippen molar-refractivity contribution in [1.82, 2.24) is 9.55 Å². The average molecular weight is 385 g/mol. The van der Waals surface area contributed by atoms with Crippen molar-refractivity contribution < 1.29 is 9.53 Å². The number of hydrogen-bond donors (Lipinski definition) is 1. The Balaban J connectivity index is 1.60. The van der Waals surface area contributed by atoms with Crippen molar-refractivity contribution in [2.24, 2.45) is 0 Å². The second-order valence-corrected chi connectivity index (χ2v) is 6.55. The molecule has 0 aliphatic heterocycles. The number of para-hydroxylation sites is 1. The third-order valence-corrected chi connectivity index (χ3v) is 4.68. The lowest BCUT2D eigenvalue weighted by atomic mass is 10.2. The van der Waals surface area contributed by atoms with Crippen molar-refractivity contribution in [3.8, 4) is 11.4 Å². The Morgan fingerprint density at radius 2 is 1.66 bits per heavy atom. The van der Waals surface area contributed by atoms with Gasteiger partial charge >= 0.3 is 0 Å². The molecule has 0 atom stereocenters. The summed E-state index contributed by atoms with van der Waals surface area (Å²) in [5.74, 6) is 1.07. The molecule has 1 heterocycles. The topological polar surface area (TPSA) is 73.2 Å². The van der Waals surface area contributed by atoms with Gasteiger partial charge in [0.15, 0.2) is 0 Å². The van der Waals surface area contributed by atoms with E-state index in [0.29, 0.717) is 39.4 Å². The number of fused-ring (bicyclic) bond motifs is 1. The molecule has 1 aromatic heterocycles. The second kappa shape index (κ2) is 7.59. The van der Waals surface area contributed by atoms with Gasteiger partial charge in [-0.15, -0.1) is 0 Å². The fourth-order valence-electron chi connectivity index (χ4n) is 3.19. The molecule has 0 saturated carbocycles. The number of nitrogens with zero attached hydrogens (tertiary/aromatic N) is 2. The van der Waals surface area contributed by atoms with Crippen LogP contribution in [0.3, 0.4) is 0 Å². The fraction of sp³-hybridized carbons (Fsp3) is 0.0870. The van der Waals surface area contributed by atoms with E-state index in [4.69, 9.17) is 4.74 Å². The number of methoxy groups -OCH3 is 1. The third kappa shape index (κ3) is 3.60. The fourth-order valence-corrected chi connectivity index (χ4v) is 3.19. The molecular weight excluding hydrogens is 366 g/mol. The molecule has 6 nitrogen and oxygen atoms in total. The lowest BCUT2D eigenvalue weighted by Crippen LogP contribution is -2.22. The van der Waals surface area contributed by atoms with Crippen LogP contribution in [0.15, 0.2) is 77.6 Å². The van der Waals surface area contributed by atoms with Crippen LogP contribution in [0.4, 0.5) is 5.69 Å². The normalized spacial score (nSPS) is 10.7. The number of aryl methyl sites for hydroxylation is 1. The van der Waals surface area contributed by atoms with Gasteiger partial charge in [-0.05, 0) is 67.6 Å². The number of rotatable bonds is 4. The molecule has 0 spiro atoms. The van der Waals surface area contributed by atoms with Crippen LogP contribution < -0.4 is 15.6 Å². The molecule has 3 aromatic carbocycles. The van der Waals surface area contributed by atoms with Gasteiger partial charge in [-0.3, -0.25) is 14.2 Å². The number of nitrogens with one attached hydrogen (secondary N) is 1. The quantitative estimate of drug-likeness (QED) is 0.577. The number of amides is 1. The Bertz CT molecular complexity index is 1240. The van der Waals surface area contributed by atoms with Gasteiger partial charge in [0.1, 0.15) is 11.6 Å². The number of anilines is 1. The van der Waals surface area contributed by atoms with Gasteiger partial charge < -0.3 is 10.1 Å². The lowest BCUT2D eigenvalue weighted by Gasteiger charge is -2.12. The van der Waals surface area contributed by atoms with E-state index < -0.39 is 0 Å². The Morgan fingerprint density at radius 1 is 0.966 bits per heavy atom. The summed E-state index contributed by atoms with van der Waals surface area (Å²) in [6.45, 7) is 1.80. The van der Waals surface area contributed by atoms with Crippen LogP contribution in [0.5, 0.6) is 5.75 Å². The first-order valence-electron chi connectivity index (χ1n) is 9.11. The largest absolute Gasteiger partial charge is 0.497 e. The van der Waals surface area contributed by atoms with Crippen molar-refractivity contribution in [3.05, 3.63) is 94.5 Å². The summed E-state index contributed by atoms with van der Waals surface area (Å²) >= 11 is 0. The zero-order chi connectivity index (χ0) is 20.4. The van der Waals surface area contributed by atoms with E-state index in [-0.39, 0.29) is 11.5 Å². The zero-order valence-electron chi connectivity index (χ0n) is 16.0. The molecule has 0 aliphatic carbocycles. The van der Waals surface area contributed by atoms with Gasteiger partial charge in [0.25, 0.3) is 11.5 Å². The third-order valence-electron chi connectivity index (χ3n) is 4.68. The van der Waals surface area contributed by atoms with Crippen LogP contribution in [-0.2, 0) is 0 Å². The second-order valence-electron chi connectivity index (χ2n) is 6.55. The summed E-state index contributed by atoms with van der Waals surface area (Å²) in [5, 5.41) is 3.42. The molecule has 0 bridgehead atoms. The Hall–Kier alpha value is -3.93. The molecule has 0 saturated heterocycles. The molecule has 1 amide bonds. The van der Waals surface area contributed by atoms with Crippen molar-refractivity contribution in [2.45, 2.75) is 6.92 Å². The van der Waals surface area contributed by atoms with Gasteiger partial charge in [0, 0.05) is 11.3 Å². The summed E-state index contributed by atoms with van der Waals surface area (Å²) in [4.78, 5) is 29.8. The van der Waals surface area contributed by atoms with Crippen LogP contribution in [0.25, 0.3) is 16.6 Å². The standard InChI is InChI=1S/C23H19N3O3/c1-15-24-21-6-4-3-5-20(21)23(28)26(15)18-11-9-17(10-12-18)25-22(27)16-7-13-19(29-2)14-8-16/h3-14H,1-2H3,(H,25,27). The predicted molar refractivity (Wildman–Crippen MR) is 113 cm³/mol. The minimum atomic E-state index is -0.221. The number of aromatic nitrogens is 2. The molecule has 6 heteroatoms. The number of benzene rings is 3. The van der Waals surface area contributed by atoms with Gasteiger partial charge in [-0.2, -0.15) is 0 Å². The number of carbonyl (C=O) groups is 1. The first-order chi connectivity index (χ1) is 14.1. The number of carbonyl (C=O) groups excluding carboxylic acids is 1. The lowest BCUT2D eigenvalue weighted by molar-refractivity contribution is 0.102. The highest BCUT2D eigenvalue weighted by Crippen LogP contribution is 2.17. The molecule has 29 heavy (non-hydrogen) atoms. The highest BCUT2D eigenvalue weighted by molar-refractivity contribution is 6.04. The maximum atomic E-state index is 12.9. The molecule has 4 rings (SSSR count). The smallest absolute Gasteiger partial charge is 0.265 e. The van der Waals surface area contributed by atoms with Crippen molar-refractivity contribution in [3.63, 3.8) is 0 Å². The van der Waals surface area contributed by atoms with Crippen molar-refractivity contribution in [1.29, 1.82) is 0 Å². The van der Waals surface area contributed by atoms with E-state index >= 15 is 0 Å². The van der Waals surface area contributed by atoms with E-state index in [1.54, 1.807) is 73.2 Å². The highest BCUT2D eigenvalue weighted by atomic mass is 16.5. The Kier molecular flexibility index (Phi) is 4.83. The maximum absolute atomic E-state index is 12.9. The molecule has 0 aliphatic rings. The number of ether oxygens (including phenoxy) is 1. The first-order valence-corrected chi connectivity index (χ1v) is 9.11. The monoisotopic (exact) mass is 385 g/mol. The van der Waals surface area contributed by atoms with Crippen molar-refractivity contribution in [2.75, 3.05) is 12.4 Å². The first kappa shape index (κ1) is 18.4. The minimum absolute atomic E-state index is 0.122. The summed E-state index contributed by atoms with van der Waals surface area (Å²) in [5.41, 5.74) is 2.40. The molecule has 4 aromatic rings. The molecule has 1 N–H and O–H groups in total. The van der Waals surface area contributed by atoms with E-state index in [9.17, 15) is 9.59 Å². The summed E-state index contributed by atoms with van der Waals surface area (Å²) in [7, 11) is 1.58. The predicted octanol–water partition coefficient (Wildman–Crippen LogP) is 3.96. The molecule has 0 unspecified atom stereocenters. The summed E-state index contributed by atoms with van der Waals surface area (Å²) < 4.78 is 6.67. The van der Waals surface area contributed by atoms with Crippen molar-refractivity contribution >= 4 is 22.5 Å². The Morgan fingerprint density at radius 3 is 2.34 bits per heavy atom. The van der Waals surface area contributed by atoms with E-state index in [0.717, 1.165) is 0 Å². The molecule has 0 fully saturated rings. The van der Waals surface area contributed by atoms with E-state index in [2.05, 4.69) is 10.3 Å². The van der Waals surface area contributed by atoms with Crippen LogP contribution in [-0.4, -0.2) is 22.6 Å². The summed E-state index contributed by atoms with van der Waals surface area (Å²) in [6, 6.07) is 21.2. The highest BCUT2D eigenvalue weighted by Gasteiger charge is 2.10. The SMILES string of the molecule is COc1ccc(C(=O)Nc2ccc(-n3c(C)nc4ccccc4c3=O)cc2)cc1. The molecular formula is C23H19N3O3. The Labute approximate surface area is 167 Å².